The highest BCUT2D eigenvalue weighted by Crippen LogP contribution is 2.39. The van der Waals surface area contributed by atoms with Crippen LogP contribution in [0.25, 0.3) is 0 Å². The predicted molar refractivity (Wildman–Crippen MR) is 124 cm³/mol. The fourth-order valence-corrected chi connectivity index (χ4v) is 5.44. The molecule has 2 heterocycles. The zero-order valence-electron chi connectivity index (χ0n) is 18.1. The van der Waals surface area contributed by atoms with Crippen molar-refractivity contribution in [3.8, 4) is 5.75 Å². The van der Waals surface area contributed by atoms with Crippen molar-refractivity contribution in [1.82, 2.24) is 16.0 Å². The number of para-hydroxylation sites is 1. The number of nitrogens with one attached hydrogen (secondary N) is 3. The second-order valence-corrected chi connectivity index (χ2v) is 10.3. The van der Waals surface area contributed by atoms with E-state index in [1.165, 1.54) is 18.9 Å². The van der Waals surface area contributed by atoms with Gasteiger partial charge in [0.05, 0.1) is 12.5 Å². The zero-order chi connectivity index (χ0) is 23.1. The molecule has 0 unspecified atom stereocenters. The first-order valence-corrected chi connectivity index (χ1v) is 11.9. The highest BCUT2D eigenvalue weighted by molar-refractivity contribution is 8.01. The molecule has 3 atom stereocenters. The molecule has 0 saturated carbocycles. The molecule has 2 aromatic rings. The Morgan fingerprint density at radius 3 is 2.59 bits per heavy atom. The van der Waals surface area contributed by atoms with Crippen LogP contribution in [-0.2, 0) is 25.7 Å². The van der Waals surface area contributed by atoms with Gasteiger partial charge in [0.2, 0.25) is 5.91 Å². The van der Waals surface area contributed by atoms with Crippen molar-refractivity contribution in [1.29, 1.82) is 0 Å². The van der Waals surface area contributed by atoms with Crippen molar-refractivity contribution in [2.24, 2.45) is 0 Å². The summed E-state index contributed by atoms with van der Waals surface area (Å²) in [5.74, 6) is -0.649. The van der Waals surface area contributed by atoms with Crippen LogP contribution >= 0.6 is 23.1 Å². The third-order valence-electron chi connectivity index (χ3n) is 4.96. The van der Waals surface area contributed by atoms with E-state index in [2.05, 4.69) is 16.0 Å². The van der Waals surface area contributed by atoms with Gasteiger partial charge in [0.15, 0.2) is 6.61 Å². The van der Waals surface area contributed by atoms with Crippen LogP contribution in [0.2, 0.25) is 0 Å². The number of esters is 1. The summed E-state index contributed by atoms with van der Waals surface area (Å²) in [4.78, 5) is 37.9. The Kier molecular flexibility index (Phi) is 8.16. The van der Waals surface area contributed by atoms with Crippen LogP contribution in [0.15, 0.2) is 47.2 Å². The minimum Gasteiger partial charge on any atom is -0.484 e. The molecule has 1 aliphatic heterocycles. The van der Waals surface area contributed by atoms with Gasteiger partial charge >= 0.3 is 5.97 Å². The number of hydrogen-bond donors (Lipinski definition) is 3. The molecule has 0 aliphatic carbocycles. The minimum atomic E-state index is -0.917. The van der Waals surface area contributed by atoms with E-state index in [0.717, 1.165) is 5.56 Å². The van der Waals surface area contributed by atoms with E-state index in [-0.39, 0.29) is 12.5 Å². The zero-order valence-corrected chi connectivity index (χ0v) is 19.8. The van der Waals surface area contributed by atoms with Crippen molar-refractivity contribution in [3.63, 3.8) is 0 Å². The smallest absolute Gasteiger partial charge is 0.324 e. The first-order valence-electron chi connectivity index (χ1n) is 10.1. The first kappa shape index (κ1) is 24.1. The summed E-state index contributed by atoms with van der Waals surface area (Å²) < 4.78 is 9.87. The van der Waals surface area contributed by atoms with Crippen LogP contribution in [0.3, 0.4) is 0 Å². The summed E-state index contributed by atoms with van der Waals surface area (Å²) in [6.45, 7) is 3.90. The summed E-state index contributed by atoms with van der Waals surface area (Å²) in [5.41, 5.74) is 0.973. The topological polar surface area (TPSA) is 106 Å². The van der Waals surface area contributed by atoms with Gasteiger partial charge in [-0.3, -0.25) is 19.7 Å². The van der Waals surface area contributed by atoms with E-state index in [9.17, 15) is 14.4 Å². The monoisotopic (exact) mass is 477 g/mol. The standard InChI is InChI=1S/C22H27N3O5S2/c1-22(2)18(21(28)29-3)25-20(32-22)17(19(27)23-11-14-9-10-31-13-14)24-16(26)12-30-15-7-5-4-6-8-15/h4-10,13,17-18,20,25H,11-12H2,1-3H3,(H,23,27)(H,24,26)/t17-,18+,20-/m1/s1. The van der Waals surface area contributed by atoms with E-state index < -0.39 is 34.1 Å². The minimum absolute atomic E-state index is 0.237. The maximum Gasteiger partial charge on any atom is 0.324 e. The van der Waals surface area contributed by atoms with Crippen molar-refractivity contribution in [3.05, 3.63) is 52.7 Å². The molecule has 1 saturated heterocycles. The van der Waals surface area contributed by atoms with Gasteiger partial charge in [0, 0.05) is 11.3 Å². The fourth-order valence-electron chi connectivity index (χ4n) is 3.28. The van der Waals surface area contributed by atoms with Gasteiger partial charge in [-0.15, -0.1) is 11.8 Å². The molecule has 1 aliphatic rings. The fraction of sp³-hybridized carbons (Fsp3) is 0.409. The summed E-state index contributed by atoms with van der Waals surface area (Å²) >= 11 is 2.95. The largest absolute Gasteiger partial charge is 0.484 e. The Morgan fingerprint density at radius 2 is 1.94 bits per heavy atom. The molecule has 2 amide bonds. The van der Waals surface area contributed by atoms with Gasteiger partial charge in [-0.25, -0.2) is 0 Å². The summed E-state index contributed by atoms with van der Waals surface area (Å²) in [6, 6.07) is 9.34. The molecule has 172 valence electrons. The molecular formula is C22H27N3O5S2. The summed E-state index contributed by atoms with van der Waals surface area (Å²) in [7, 11) is 1.33. The Hall–Kier alpha value is -2.56. The van der Waals surface area contributed by atoms with Gasteiger partial charge < -0.3 is 20.1 Å². The number of methoxy groups -OCH3 is 1. The molecule has 1 fully saturated rings. The number of hydrogen-bond acceptors (Lipinski definition) is 8. The highest BCUT2D eigenvalue weighted by Gasteiger charge is 2.49. The molecule has 32 heavy (non-hydrogen) atoms. The molecule has 8 nitrogen and oxygen atoms in total. The number of ether oxygens (including phenoxy) is 2. The lowest BCUT2D eigenvalue weighted by atomic mass is 10.0. The number of thioether (sulfide) groups is 1. The third-order valence-corrected chi connectivity index (χ3v) is 7.19. The lowest BCUT2D eigenvalue weighted by Gasteiger charge is -2.24. The van der Waals surface area contributed by atoms with Crippen LogP contribution in [-0.4, -0.2) is 53.7 Å². The van der Waals surface area contributed by atoms with E-state index in [1.54, 1.807) is 23.5 Å². The second kappa shape index (κ2) is 10.8. The third kappa shape index (κ3) is 6.24. The Balaban J connectivity index is 1.69. The van der Waals surface area contributed by atoms with E-state index in [0.29, 0.717) is 12.3 Å². The lowest BCUT2D eigenvalue weighted by molar-refractivity contribution is -0.143. The molecule has 3 rings (SSSR count). The van der Waals surface area contributed by atoms with Crippen molar-refractivity contribution in [2.45, 2.75) is 42.6 Å². The Labute approximate surface area is 195 Å². The first-order chi connectivity index (χ1) is 15.3. The molecule has 0 bridgehead atoms. The number of rotatable bonds is 9. The summed E-state index contributed by atoms with van der Waals surface area (Å²) in [6.07, 6.45) is 0. The average Bonchev–Trinajstić information content (AvgIpc) is 3.41. The normalized spacial score (nSPS) is 20.2. The Morgan fingerprint density at radius 1 is 1.19 bits per heavy atom. The maximum absolute atomic E-state index is 13.1. The van der Waals surface area contributed by atoms with E-state index >= 15 is 0 Å². The molecule has 0 radical (unpaired) electrons. The number of benzene rings is 1. The van der Waals surface area contributed by atoms with Crippen molar-refractivity contribution < 1.29 is 23.9 Å². The van der Waals surface area contributed by atoms with Crippen molar-refractivity contribution >= 4 is 40.9 Å². The van der Waals surface area contributed by atoms with E-state index in [1.807, 2.05) is 48.9 Å². The lowest BCUT2D eigenvalue weighted by Crippen LogP contribution is -2.57. The van der Waals surface area contributed by atoms with Crippen LogP contribution in [0, 0.1) is 0 Å². The SMILES string of the molecule is COC(=O)[C@@H]1N[C@@H]([C@H](NC(=O)COc2ccccc2)C(=O)NCc2ccsc2)SC1(C)C. The average molecular weight is 478 g/mol. The van der Waals surface area contributed by atoms with E-state index in [4.69, 9.17) is 9.47 Å². The van der Waals surface area contributed by atoms with Gasteiger partial charge in [0.25, 0.3) is 5.91 Å². The number of amides is 2. The Bertz CT molecular complexity index is 921. The molecular weight excluding hydrogens is 450 g/mol. The summed E-state index contributed by atoms with van der Waals surface area (Å²) in [5, 5.41) is 12.1. The molecule has 0 spiro atoms. The van der Waals surface area contributed by atoms with Gasteiger partial charge in [-0.05, 0) is 48.4 Å². The van der Waals surface area contributed by atoms with Crippen LogP contribution < -0.4 is 20.7 Å². The van der Waals surface area contributed by atoms with Gasteiger partial charge in [0.1, 0.15) is 17.8 Å². The second-order valence-electron chi connectivity index (χ2n) is 7.76. The number of carbonyl (C=O) groups is 3. The van der Waals surface area contributed by atoms with Crippen molar-refractivity contribution in [2.75, 3.05) is 13.7 Å². The van der Waals surface area contributed by atoms with Gasteiger partial charge in [-0.1, -0.05) is 18.2 Å². The van der Waals surface area contributed by atoms with Crippen LogP contribution in [0.4, 0.5) is 0 Å². The molecule has 3 N–H and O–H groups in total. The van der Waals surface area contributed by atoms with Crippen LogP contribution in [0.1, 0.15) is 19.4 Å². The quantitative estimate of drug-likeness (QED) is 0.474. The maximum atomic E-state index is 13.1. The van der Waals surface area contributed by atoms with Crippen LogP contribution in [0.5, 0.6) is 5.75 Å². The van der Waals surface area contributed by atoms with Gasteiger partial charge in [-0.2, -0.15) is 11.3 Å². The molecule has 1 aromatic heterocycles. The number of thiophene rings is 1. The molecule has 1 aromatic carbocycles. The highest BCUT2D eigenvalue weighted by atomic mass is 32.2. The predicted octanol–water partition coefficient (Wildman–Crippen LogP) is 1.91. The molecule has 10 heteroatoms. The number of carbonyl (C=O) groups excluding carboxylic acids is 3.